The molecule has 0 bridgehead atoms. The van der Waals surface area contributed by atoms with Crippen LogP contribution in [0.5, 0.6) is 0 Å². The highest BCUT2D eigenvalue weighted by Crippen LogP contribution is 2.29. The fourth-order valence-corrected chi connectivity index (χ4v) is 3.04. The molecule has 2 aliphatic rings. The SMILES string of the molecule is C1C[C@@H]2CSC[C@H]2N1. The van der Waals surface area contributed by atoms with Crippen LogP contribution < -0.4 is 5.32 Å². The molecule has 2 fully saturated rings. The largest absolute Gasteiger partial charge is 0.313 e. The highest BCUT2D eigenvalue weighted by atomic mass is 32.2. The summed E-state index contributed by atoms with van der Waals surface area (Å²) in [4.78, 5) is 0. The molecule has 0 aromatic carbocycles. The molecule has 0 saturated carbocycles. The second-order valence-corrected chi connectivity index (χ2v) is 3.72. The molecule has 0 unspecified atom stereocenters. The van der Waals surface area contributed by atoms with E-state index in [-0.39, 0.29) is 0 Å². The molecule has 0 aromatic rings. The zero-order valence-electron chi connectivity index (χ0n) is 4.89. The Balaban J connectivity index is 2.04. The molecule has 0 aromatic heterocycles. The lowest BCUT2D eigenvalue weighted by Gasteiger charge is -2.04. The van der Waals surface area contributed by atoms with Gasteiger partial charge in [0.05, 0.1) is 0 Å². The third-order valence-corrected chi connectivity index (χ3v) is 3.38. The van der Waals surface area contributed by atoms with Crippen LogP contribution in [0, 0.1) is 5.92 Å². The average molecular weight is 129 g/mol. The summed E-state index contributed by atoms with van der Waals surface area (Å²) in [6, 6.07) is 0.889. The van der Waals surface area contributed by atoms with Gasteiger partial charge in [0.25, 0.3) is 0 Å². The Kier molecular flexibility index (Phi) is 1.23. The van der Waals surface area contributed by atoms with Crippen LogP contribution in [0.15, 0.2) is 0 Å². The second-order valence-electron chi connectivity index (χ2n) is 2.65. The molecular weight excluding hydrogens is 118 g/mol. The van der Waals surface area contributed by atoms with Gasteiger partial charge in [0.15, 0.2) is 0 Å². The molecule has 0 spiro atoms. The first-order chi connectivity index (χ1) is 3.97. The summed E-state index contributed by atoms with van der Waals surface area (Å²) >= 11 is 2.10. The van der Waals surface area contributed by atoms with Crippen LogP contribution in [0.2, 0.25) is 0 Å². The van der Waals surface area contributed by atoms with E-state index in [0.717, 1.165) is 12.0 Å². The molecule has 0 amide bonds. The Bertz CT molecular complexity index is 74.5. The normalized spacial score (nSPS) is 45.0. The monoisotopic (exact) mass is 129 g/mol. The lowest BCUT2D eigenvalue weighted by Crippen LogP contribution is -2.25. The number of fused-ring (bicyclic) bond motifs is 1. The lowest BCUT2D eigenvalue weighted by atomic mass is 10.1. The van der Waals surface area contributed by atoms with Crippen molar-refractivity contribution in [3.8, 4) is 0 Å². The van der Waals surface area contributed by atoms with Crippen molar-refractivity contribution in [1.82, 2.24) is 5.32 Å². The maximum Gasteiger partial charge on any atom is 0.0194 e. The first kappa shape index (κ1) is 5.12. The maximum atomic E-state index is 3.50. The molecule has 2 heteroatoms. The summed E-state index contributed by atoms with van der Waals surface area (Å²) in [5.74, 6) is 3.81. The summed E-state index contributed by atoms with van der Waals surface area (Å²) in [6.07, 6.45) is 1.43. The maximum absolute atomic E-state index is 3.50. The van der Waals surface area contributed by atoms with Gasteiger partial charge in [-0.15, -0.1) is 0 Å². The topological polar surface area (TPSA) is 12.0 Å². The minimum atomic E-state index is 0.889. The van der Waals surface area contributed by atoms with Crippen LogP contribution >= 0.6 is 11.8 Å². The van der Waals surface area contributed by atoms with Crippen molar-refractivity contribution in [2.45, 2.75) is 12.5 Å². The highest BCUT2D eigenvalue weighted by Gasteiger charge is 2.31. The van der Waals surface area contributed by atoms with Crippen molar-refractivity contribution in [3.05, 3.63) is 0 Å². The molecule has 2 atom stereocenters. The molecule has 2 heterocycles. The summed E-state index contributed by atoms with van der Waals surface area (Å²) in [6.45, 7) is 1.27. The fraction of sp³-hybridized carbons (Fsp3) is 1.00. The van der Waals surface area contributed by atoms with Gasteiger partial charge >= 0.3 is 0 Å². The molecule has 1 nitrogen and oxygen atoms in total. The van der Waals surface area contributed by atoms with Gasteiger partial charge in [-0.3, -0.25) is 0 Å². The number of thioether (sulfide) groups is 1. The first-order valence-electron chi connectivity index (χ1n) is 3.28. The standard InChI is InChI=1S/C6H11NS/c1-2-7-6-4-8-3-5(1)6/h5-7H,1-4H2/t5-,6-/m1/s1. The van der Waals surface area contributed by atoms with Crippen LogP contribution in [-0.2, 0) is 0 Å². The first-order valence-corrected chi connectivity index (χ1v) is 4.43. The molecule has 0 aliphatic carbocycles. The van der Waals surface area contributed by atoms with Gasteiger partial charge < -0.3 is 5.32 Å². The van der Waals surface area contributed by atoms with E-state index < -0.39 is 0 Å². The van der Waals surface area contributed by atoms with Crippen LogP contribution in [0.4, 0.5) is 0 Å². The van der Waals surface area contributed by atoms with Crippen LogP contribution in [0.3, 0.4) is 0 Å². The summed E-state index contributed by atoms with van der Waals surface area (Å²) in [5, 5.41) is 3.50. The van der Waals surface area contributed by atoms with E-state index in [4.69, 9.17) is 0 Å². The Hall–Kier alpha value is 0.310. The smallest absolute Gasteiger partial charge is 0.0194 e. The summed E-state index contributed by atoms with van der Waals surface area (Å²) < 4.78 is 0. The lowest BCUT2D eigenvalue weighted by molar-refractivity contribution is 0.556. The third-order valence-electron chi connectivity index (χ3n) is 2.12. The Labute approximate surface area is 54.2 Å². The van der Waals surface area contributed by atoms with Crippen molar-refractivity contribution in [2.24, 2.45) is 5.92 Å². The minimum Gasteiger partial charge on any atom is -0.313 e. The summed E-state index contributed by atoms with van der Waals surface area (Å²) in [7, 11) is 0. The van der Waals surface area contributed by atoms with Crippen LogP contribution in [0.1, 0.15) is 6.42 Å². The van der Waals surface area contributed by atoms with Gasteiger partial charge in [0, 0.05) is 11.8 Å². The molecule has 2 rings (SSSR count). The highest BCUT2D eigenvalue weighted by molar-refractivity contribution is 7.99. The minimum absolute atomic E-state index is 0.889. The Morgan fingerprint density at radius 1 is 1.38 bits per heavy atom. The third kappa shape index (κ3) is 0.669. The predicted molar refractivity (Wildman–Crippen MR) is 37.2 cm³/mol. The van der Waals surface area contributed by atoms with E-state index in [1.54, 1.807) is 0 Å². The number of rotatable bonds is 0. The van der Waals surface area contributed by atoms with E-state index in [9.17, 15) is 0 Å². The van der Waals surface area contributed by atoms with E-state index in [1.165, 1.54) is 24.5 Å². The molecule has 1 N–H and O–H groups in total. The zero-order chi connectivity index (χ0) is 5.40. The van der Waals surface area contributed by atoms with E-state index in [1.807, 2.05) is 0 Å². The number of hydrogen-bond acceptors (Lipinski definition) is 2. The molecule has 2 saturated heterocycles. The van der Waals surface area contributed by atoms with Crippen LogP contribution in [0.25, 0.3) is 0 Å². The van der Waals surface area contributed by atoms with Gasteiger partial charge in [-0.2, -0.15) is 11.8 Å². The molecular formula is C6H11NS. The predicted octanol–water partition coefficient (Wildman–Crippen LogP) is 0.711. The van der Waals surface area contributed by atoms with Gasteiger partial charge in [-0.05, 0) is 24.6 Å². The zero-order valence-corrected chi connectivity index (χ0v) is 5.71. The molecule has 46 valence electrons. The fourth-order valence-electron chi connectivity index (χ4n) is 1.56. The molecule has 0 radical (unpaired) electrons. The Morgan fingerprint density at radius 2 is 2.38 bits per heavy atom. The van der Waals surface area contributed by atoms with Gasteiger partial charge in [-0.1, -0.05) is 0 Å². The van der Waals surface area contributed by atoms with E-state index >= 15 is 0 Å². The van der Waals surface area contributed by atoms with Crippen molar-refractivity contribution < 1.29 is 0 Å². The van der Waals surface area contributed by atoms with Crippen molar-refractivity contribution in [2.75, 3.05) is 18.1 Å². The van der Waals surface area contributed by atoms with Crippen molar-refractivity contribution in [1.29, 1.82) is 0 Å². The number of hydrogen-bond donors (Lipinski definition) is 1. The van der Waals surface area contributed by atoms with Crippen LogP contribution in [-0.4, -0.2) is 24.1 Å². The van der Waals surface area contributed by atoms with Crippen molar-refractivity contribution >= 4 is 11.8 Å². The van der Waals surface area contributed by atoms with E-state index in [2.05, 4.69) is 17.1 Å². The second kappa shape index (κ2) is 1.92. The molecule has 8 heavy (non-hydrogen) atoms. The molecule has 2 aliphatic heterocycles. The van der Waals surface area contributed by atoms with Gasteiger partial charge in [0.1, 0.15) is 0 Å². The Morgan fingerprint density at radius 3 is 3.25 bits per heavy atom. The number of nitrogens with one attached hydrogen (secondary N) is 1. The quantitative estimate of drug-likeness (QED) is 0.517. The summed E-state index contributed by atoms with van der Waals surface area (Å²) in [5.41, 5.74) is 0. The average Bonchev–Trinajstić information content (AvgIpc) is 2.15. The van der Waals surface area contributed by atoms with E-state index in [0.29, 0.717) is 0 Å². The van der Waals surface area contributed by atoms with Gasteiger partial charge in [0.2, 0.25) is 0 Å². The van der Waals surface area contributed by atoms with Gasteiger partial charge in [-0.25, -0.2) is 0 Å². The van der Waals surface area contributed by atoms with Crippen molar-refractivity contribution in [3.63, 3.8) is 0 Å².